The Balaban J connectivity index is 1.80. The molecule has 1 amide bonds. The number of benzene rings is 1. The van der Waals surface area contributed by atoms with Crippen molar-refractivity contribution in [2.75, 3.05) is 20.1 Å². The number of hydrogen-bond donors (Lipinski definition) is 2. The largest absolute Gasteiger partial charge is 0.348 e. The second-order valence-corrected chi connectivity index (χ2v) is 6.07. The van der Waals surface area contributed by atoms with E-state index < -0.39 is 0 Å². The lowest BCUT2D eigenvalue weighted by atomic mass is 10.1. The molecule has 0 spiro atoms. The zero-order chi connectivity index (χ0) is 16.2. The molecule has 23 heavy (non-hydrogen) atoms. The zero-order valence-corrected chi connectivity index (χ0v) is 13.4. The van der Waals surface area contributed by atoms with E-state index >= 15 is 0 Å². The highest BCUT2D eigenvalue weighted by Crippen LogP contribution is 2.16. The normalized spacial score (nSPS) is 18.8. The summed E-state index contributed by atoms with van der Waals surface area (Å²) in [6, 6.07) is 7.77. The minimum Gasteiger partial charge on any atom is -0.348 e. The molecule has 1 saturated heterocycles. The van der Waals surface area contributed by atoms with Gasteiger partial charge in [-0.25, -0.2) is 4.98 Å². The van der Waals surface area contributed by atoms with Crippen molar-refractivity contribution in [1.82, 2.24) is 19.8 Å². The highest BCUT2D eigenvalue weighted by Gasteiger charge is 2.21. The Morgan fingerprint density at radius 1 is 1.43 bits per heavy atom. The van der Waals surface area contributed by atoms with Gasteiger partial charge in [0.2, 0.25) is 0 Å². The molecule has 6 nitrogen and oxygen atoms in total. The first-order valence-electron chi connectivity index (χ1n) is 7.99. The lowest BCUT2D eigenvalue weighted by Gasteiger charge is -2.30. The summed E-state index contributed by atoms with van der Waals surface area (Å²) in [6.45, 7) is 2.38. The molecular weight excluding hydrogens is 290 g/mol. The van der Waals surface area contributed by atoms with Crippen molar-refractivity contribution in [3.63, 3.8) is 0 Å². The zero-order valence-electron chi connectivity index (χ0n) is 13.4. The molecule has 122 valence electrons. The van der Waals surface area contributed by atoms with Crippen LogP contribution in [0.5, 0.6) is 0 Å². The predicted molar refractivity (Wildman–Crippen MR) is 89.4 cm³/mol. The van der Waals surface area contributed by atoms with E-state index in [1.807, 2.05) is 35.0 Å². The fourth-order valence-electron chi connectivity index (χ4n) is 3.04. The molecule has 1 atom stereocenters. The fourth-order valence-corrected chi connectivity index (χ4v) is 3.04. The van der Waals surface area contributed by atoms with Crippen LogP contribution in [0.25, 0.3) is 5.69 Å². The Morgan fingerprint density at radius 2 is 2.26 bits per heavy atom. The maximum Gasteiger partial charge on any atom is 0.253 e. The molecule has 0 radical (unpaired) electrons. The summed E-state index contributed by atoms with van der Waals surface area (Å²) >= 11 is 0. The first-order valence-corrected chi connectivity index (χ1v) is 7.99. The van der Waals surface area contributed by atoms with E-state index in [2.05, 4.69) is 22.2 Å². The molecule has 1 fully saturated rings. The van der Waals surface area contributed by atoms with E-state index in [0.29, 0.717) is 12.1 Å². The van der Waals surface area contributed by atoms with Gasteiger partial charge in [-0.15, -0.1) is 0 Å². The molecule has 3 N–H and O–H groups in total. The Bertz CT molecular complexity index is 681. The van der Waals surface area contributed by atoms with Crippen molar-refractivity contribution < 1.29 is 4.79 Å². The van der Waals surface area contributed by atoms with E-state index in [0.717, 1.165) is 37.3 Å². The van der Waals surface area contributed by atoms with E-state index in [-0.39, 0.29) is 11.9 Å². The van der Waals surface area contributed by atoms with Gasteiger partial charge in [0.25, 0.3) is 5.91 Å². The Kier molecular flexibility index (Phi) is 4.73. The molecule has 1 unspecified atom stereocenters. The number of aromatic nitrogens is 2. The number of amides is 1. The number of imidazole rings is 1. The molecule has 1 aromatic carbocycles. The minimum absolute atomic E-state index is 0.0381. The summed E-state index contributed by atoms with van der Waals surface area (Å²) in [6.07, 6.45) is 5.70. The first kappa shape index (κ1) is 15.7. The standard InChI is InChI=1S/C17H23N5O/c1-21-8-4-5-13(10-21)20-17(23)15-6-2-3-7-16(15)22-11-14(9-18)19-12-22/h2-3,6-7,11-13H,4-5,8-10,18H2,1H3,(H,20,23). The lowest BCUT2D eigenvalue weighted by Crippen LogP contribution is -2.46. The van der Waals surface area contributed by atoms with Crippen LogP contribution in [0.1, 0.15) is 28.9 Å². The quantitative estimate of drug-likeness (QED) is 0.888. The average Bonchev–Trinajstić information content (AvgIpc) is 3.04. The van der Waals surface area contributed by atoms with E-state index in [9.17, 15) is 4.79 Å². The maximum absolute atomic E-state index is 12.7. The van der Waals surface area contributed by atoms with Crippen molar-refractivity contribution in [2.24, 2.45) is 5.73 Å². The van der Waals surface area contributed by atoms with Crippen molar-refractivity contribution >= 4 is 5.91 Å². The van der Waals surface area contributed by atoms with Crippen LogP contribution in [0.2, 0.25) is 0 Å². The molecule has 1 aliphatic rings. The van der Waals surface area contributed by atoms with E-state index in [4.69, 9.17) is 5.73 Å². The van der Waals surface area contributed by atoms with Gasteiger partial charge in [-0.2, -0.15) is 0 Å². The fraction of sp³-hybridized carbons (Fsp3) is 0.412. The number of carbonyl (C=O) groups excluding carboxylic acids is 1. The molecular formula is C17H23N5O. The van der Waals surface area contributed by atoms with Gasteiger partial charge < -0.3 is 20.5 Å². The Morgan fingerprint density at radius 3 is 3.00 bits per heavy atom. The van der Waals surface area contributed by atoms with Gasteiger partial charge in [0, 0.05) is 25.3 Å². The van der Waals surface area contributed by atoms with Gasteiger partial charge in [-0.3, -0.25) is 4.79 Å². The van der Waals surface area contributed by atoms with Gasteiger partial charge >= 0.3 is 0 Å². The second kappa shape index (κ2) is 6.93. The molecule has 3 rings (SSSR count). The van der Waals surface area contributed by atoms with Crippen LogP contribution < -0.4 is 11.1 Å². The molecule has 1 aromatic heterocycles. The topological polar surface area (TPSA) is 76.2 Å². The number of likely N-dealkylation sites (tertiary alicyclic amines) is 1. The lowest BCUT2D eigenvalue weighted by molar-refractivity contribution is 0.0912. The van der Waals surface area contributed by atoms with Crippen molar-refractivity contribution in [3.8, 4) is 5.69 Å². The van der Waals surface area contributed by atoms with Gasteiger partial charge in [0.15, 0.2) is 0 Å². The molecule has 6 heteroatoms. The third-order valence-corrected chi connectivity index (χ3v) is 4.23. The van der Waals surface area contributed by atoms with Crippen molar-refractivity contribution in [1.29, 1.82) is 0 Å². The van der Waals surface area contributed by atoms with E-state index in [1.54, 1.807) is 6.33 Å². The van der Waals surface area contributed by atoms with E-state index in [1.165, 1.54) is 0 Å². The molecule has 0 saturated carbocycles. The first-order chi connectivity index (χ1) is 11.2. The highest BCUT2D eigenvalue weighted by molar-refractivity contribution is 5.98. The molecule has 1 aliphatic heterocycles. The van der Waals surface area contributed by atoms with Crippen LogP contribution in [-0.4, -0.2) is 46.5 Å². The number of hydrogen-bond acceptors (Lipinski definition) is 4. The van der Waals surface area contributed by atoms with Crippen molar-refractivity contribution in [3.05, 3.63) is 48.0 Å². The van der Waals surface area contributed by atoms with Gasteiger partial charge in [-0.05, 0) is 38.6 Å². The number of nitrogens with two attached hydrogens (primary N) is 1. The summed E-state index contributed by atoms with van der Waals surface area (Å²) in [5, 5.41) is 3.16. The SMILES string of the molecule is CN1CCCC(NC(=O)c2ccccc2-n2cnc(CN)c2)C1. The number of rotatable bonds is 4. The number of nitrogens with one attached hydrogen (secondary N) is 1. The number of para-hydroxylation sites is 1. The summed E-state index contributed by atoms with van der Waals surface area (Å²) < 4.78 is 1.85. The molecule has 2 heterocycles. The molecule has 2 aromatic rings. The average molecular weight is 313 g/mol. The summed E-state index contributed by atoms with van der Waals surface area (Å²) in [5.41, 5.74) is 7.89. The van der Waals surface area contributed by atoms with Crippen LogP contribution in [0.4, 0.5) is 0 Å². The Hall–Kier alpha value is -2.18. The van der Waals surface area contributed by atoms with Gasteiger partial charge in [0.1, 0.15) is 0 Å². The van der Waals surface area contributed by atoms with Crippen LogP contribution in [0, 0.1) is 0 Å². The minimum atomic E-state index is -0.0381. The van der Waals surface area contributed by atoms with Crippen molar-refractivity contribution in [2.45, 2.75) is 25.4 Å². The van der Waals surface area contributed by atoms with Crippen LogP contribution >= 0.6 is 0 Å². The summed E-state index contributed by atoms with van der Waals surface area (Å²) in [5.74, 6) is -0.0381. The number of likely N-dealkylation sites (N-methyl/N-ethyl adjacent to an activating group) is 1. The monoisotopic (exact) mass is 313 g/mol. The van der Waals surface area contributed by atoms with Crippen LogP contribution in [0.3, 0.4) is 0 Å². The summed E-state index contributed by atoms with van der Waals surface area (Å²) in [4.78, 5) is 19.2. The second-order valence-electron chi connectivity index (χ2n) is 6.07. The Labute approximate surface area is 136 Å². The smallest absolute Gasteiger partial charge is 0.253 e. The maximum atomic E-state index is 12.7. The highest BCUT2D eigenvalue weighted by atomic mass is 16.1. The summed E-state index contributed by atoms with van der Waals surface area (Å²) in [7, 11) is 2.09. The third kappa shape index (κ3) is 3.60. The molecule has 0 bridgehead atoms. The third-order valence-electron chi connectivity index (χ3n) is 4.23. The molecule has 0 aliphatic carbocycles. The van der Waals surface area contributed by atoms with Gasteiger partial charge in [-0.1, -0.05) is 12.1 Å². The predicted octanol–water partition coefficient (Wildman–Crippen LogP) is 1.15. The van der Waals surface area contributed by atoms with Crippen LogP contribution in [-0.2, 0) is 6.54 Å². The van der Waals surface area contributed by atoms with Crippen LogP contribution in [0.15, 0.2) is 36.8 Å². The number of nitrogens with zero attached hydrogens (tertiary/aromatic N) is 3. The number of piperidine rings is 1. The number of carbonyl (C=O) groups is 1. The van der Waals surface area contributed by atoms with Gasteiger partial charge in [0.05, 0.1) is 23.3 Å².